The molecule has 0 amide bonds. The fraction of sp³-hybridized carbons (Fsp3) is 0. The summed E-state index contributed by atoms with van der Waals surface area (Å²) < 4.78 is 0. The van der Waals surface area contributed by atoms with E-state index in [0.717, 1.165) is 50.2 Å². The van der Waals surface area contributed by atoms with Crippen LogP contribution >= 0.6 is 0 Å². The number of nitrogens with one attached hydrogen (secondary N) is 1. The van der Waals surface area contributed by atoms with Crippen molar-refractivity contribution in [1.29, 1.82) is 5.41 Å². The van der Waals surface area contributed by atoms with Gasteiger partial charge in [-0.25, -0.2) is 24.9 Å². The Morgan fingerprint density at radius 2 is 0.808 bits per heavy atom. The lowest BCUT2D eigenvalue weighted by Crippen LogP contribution is -2.00. The molecule has 0 saturated heterocycles. The van der Waals surface area contributed by atoms with Gasteiger partial charge < -0.3 is 5.41 Å². The highest BCUT2D eigenvalue weighted by molar-refractivity contribution is 6.14. The predicted octanol–water partition coefficient (Wildman–Crippen LogP) is 10.9. The Morgan fingerprint density at radius 1 is 0.365 bits per heavy atom. The quantitative estimate of drug-likeness (QED) is 0.155. The van der Waals surface area contributed by atoms with Crippen molar-refractivity contribution in [2.45, 2.75) is 0 Å². The van der Waals surface area contributed by atoms with Gasteiger partial charge in [-0.1, -0.05) is 164 Å². The molecule has 0 saturated carbocycles. The molecule has 0 aliphatic carbocycles. The van der Waals surface area contributed by atoms with E-state index in [1.54, 1.807) is 0 Å². The molecule has 0 bridgehead atoms. The van der Waals surface area contributed by atoms with E-state index in [4.69, 9.17) is 30.3 Å². The van der Waals surface area contributed by atoms with Gasteiger partial charge in [0, 0.05) is 39.6 Å². The molecule has 2 aromatic heterocycles. The second-order valence-corrected chi connectivity index (χ2v) is 12.2. The molecule has 0 spiro atoms. The summed E-state index contributed by atoms with van der Waals surface area (Å²) in [4.78, 5) is 24.6. The Labute approximate surface area is 302 Å². The lowest BCUT2D eigenvalue weighted by Gasteiger charge is -2.11. The summed E-state index contributed by atoms with van der Waals surface area (Å²) >= 11 is 0. The topological polar surface area (TPSA) is 88.3 Å². The van der Waals surface area contributed by atoms with Gasteiger partial charge >= 0.3 is 0 Å². The third kappa shape index (κ3) is 7.08. The Hall–Kier alpha value is -7.18. The molecule has 52 heavy (non-hydrogen) atoms. The van der Waals surface area contributed by atoms with E-state index >= 15 is 0 Å². The molecule has 8 aromatic rings. The van der Waals surface area contributed by atoms with Gasteiger partial charge in [0.1, 0.15) is 0 Å². The van der Waals surface area contributed by atoms with Crippen LogP contribution in [0.1, 0.15) is 11.3 Å². The molecular weight excluding hydrogens is 637 g/mol. The van der Waals surface area contributed by atoms with Gasteiger partial charge in [0.15, 0.2) is 23.3 Å². The third-order valence-electron chi connectivity index (χ3n) is 8.67. The van der Waals surface area contributed by atoms with Crippen LogP contribution in [0.5, 0.6) is 0 Å². The smallest absolute Gasteiger partial charge is 0.164 e. The number of rotatable bonds is 9. The predicted molar refractivity (Wildman–Crippen MR) is 211 cm³/mol. The van der Waals surface area contributed by atoms with Gasteiger partial charge in [-0.2, -0.15) is 0 Å². The van der Waals surface area contributed by atoms with E-state index in [2.05, 4.69) is 36.4 Å². The Morgan fingerprint density at radius 3 is 1.35 bits per heavy atom. The third-order valence-corrected chi connectivity index (χ3v) is 8.67. The molecule has 8 rings (SSSR count). The van der Waals surface area contributed by atoms with Crippen LogP contribution in [0, 0.1) is 5.41 Å². The normalized spacial score (nSPS) is 11.3. The van der Waals surface area contributed by atoms with Crippen molar-refractivity contribution in [3.05, 3.63) is 187 Å². The average molecular weight is 669 g/mol. The summed E-state index contributed by atoms with van der Waals surface area (Å²) in [5, 5.41) is 8.24. The summed E-state index contributed by atoms with van der Waals surface area (Å²) in [6, 6.07) is 58.5. The Kier molecular flexibility index (Phi) is 9.09. The first-order valence-corrected chi connectivity index (χ1v) is 17.0. The highest BCUT2D eigenvalue weighted by Crippen LogP contribution is 2.31. The maximum atomic E-state index is 8.24. The summed E-state index contributed by atoms with van der Waals surface area (Å²) in [6.45, 7) is 0. The van der Waals surface area contributed by atoms with E-state index in [0.29, 0.717) is 34.6 Å². The summed E-state index contributed by atoms with van der Waals surface area (Å²) in [5.74, 6) is 2.47. The number of benzene rings is 6. The molecule has 0 aliphatic heterocycles. The number of hydrogen-bond donors (Lipinski definition) is 1. The largest absolute Gasteiger partial charge is 0.308 e. The first-order chi connectivity index (χ1) is 25.7. The second-order valence-electron chi connectivity index (χ2n) is 12.2. The van der Waals surface area contributed by atoms with Crippen LogP contribution < -0.4 is 0 Å². The molecule has 1 N–H and O–H groups in total. The minimum absolute atomic E-state index is 0.604. The van der Waals surface area contributed by atoms with Crippen molar-refractivity contribution in [2.24, 2.45) is 0 Å². The lowest BCUT2D eigenvalue weighted by molar-refractivity contribution is 1.07. The van der Waals surface area contributed by atoms with Gasteiger partial charge in [-0.15, -0.1) is 0 Å². The zero-order chi connectivity index (χ0) is 35.1. The molecule has 0 unspecified atom stereocenters. The van der Waals surface area contributed by atoms with Crippen molar-refractivity contribution in [2.75, 3.05) is 0 Å². The van der Waals surface area contributed by atoms with E-state index in [1.807, 2.05) is 146 Å². The van der Waals surface area contributed by atoms with E-state index in [-0.39, 0.29) is 0 Å². The Balaban J connectivity index is 1.16. The number of nitrogens with zero attached hydrogens (tertiary/aromatic N) is 5. The second kappa shape index (κ2) is 14.7. The number of allylic oxidation sites excluding steroid dienone is 1. The van der Waals surface area contributed by atoms with Crippen LogP contribution in [-0.2, 0) is 0 Å². The van der Waals surface area contributed by atoms with Crippen molar-refractivity contribution < 1.29 is 0 Å². The van der Waals surface area contributed by atoms with E-state index in [1.165, 1.54) is 6.21 Å². The lowest BCUT2D eigenvalue weighted by atomic mass is 9.99. The van der Waals surface area contributed by atoms with Gasteiger partial charge in [0.25, 0.3) is 0 Å². The molecule has 2 heterocycles. The molecule has 0 fully saturated rings. The highest BCUT2D eigenvalue weighted by atomic mass is 15.0. The van der Waals surface area contributed by atoms with Crippen molar-refractivity contribution in [1.82, 2.24) is 24.9 Å². The zero-order valence-corrected chi connectivity index (χ0v) is 28.1. The average Bonchev–Trinajstić information content (AvgIpc) is 3.24. The molecule has 246 valence electrons. The minimum Gasteiger partial charge on any atom is -0.308 e. The van der Waals surface area contributed by atoms with Crippen LogP contribution in [0.15, 0.2) is 176 Å². The maximum absolute atomic E-state index is 8.24. The standard InChI is InChI=1S/C46H32N6/c47-31-40(28-32-14-5-1-6-15-32)42-30-41(48-43(49-42)35-16-7-2-8-17-35)34-26-24-33(25-27-34)38-22-13-23-39(29-38)46-51-44(36-18-9-3-10-19-36)50-45(52-46)37-20-11-4-12-21-37/h1-31,47H/b40-28+,47-31?. The van der Waals surface area contributed by atoms with Gasteiger partial charge in [-0.05, 0) is 34.9 Å². The zero-order valence-electron chi connectivity index (χ0n) is 28.1. The van der Waals surface area contributed by atoms with E-state index in [9.17, 15) is 0 Å². The summed E-state index contributed by atoms with van der Waals surface area (Å²) in [5.41, 5.74) is 9.86. The van der Waals surface area contributed by atoms with Gasteiger partial charge in [0.2, 0.25) is 0 Å². The fourth-order valence-electron chi connectivity index (χ4n) is 5.99. The SMILES string of the molecule is N=C/C(=C\c1ccccc1)c1cc(-c2ccc(-c3cccc(-c4nc(-c5ccccc5)nc(-c5ccccc5)n4)c3)cc2)nc(-c2ccccc2)n1. The maximum Gasteiger partial charge on any atom is 0.164 e. The van der Waals surface area contributed by atoms with Crippen LogP contribution in [0.25, 0.3) is 79.6 Å². The summed E-state index contributed by atoms with van der Waals surface area (Å²) in [6.07, 6.45) is 3.32. The molecule has 0 atom stereocenters. The highest BCUT2D eigenvalue weighted by Gasteiger charge is 2.14. The Bertz CT molecular complexity index is 2440. The molecule has 0 radical (unpaired) electrons. The number of hydrogen-bond acceptors (Lipinski definition) is 6. The summed E-state index contributed by atoms with van der Waals surface area (Å²) in [7, 11) is 0. The fourth-order valence-corrected chi connectivity index (χ4v) is 5.99. The van der Waals surface area contributed by atoms with Crippen LogP contribution in [-0.4, -0.2) is 31.1 Å². The van der Waals surface area contributed by atoms with Gasteiger partial charge in [-0.3, -0.25) is 0 Å². The van der Waals surface area contributed by atoms with Crippen LogP contribution in [0.3, 0.4) is 0 Å². The monoisotopic (exact) mass is 668 g/mol. The molecule has 6 nitrogen and oxygen atoms in total. The van der Waals surface area contributed by atoms with Crippen LogP contribution in [0.2, 0.25) is 0 Å². The van der Waals surface area contributed by atoms with Crippen molar-refractivity contribution in [3.63, 3.8) is 0 Å². The van der Waals surface area contributed by atoms with Gasteiger partial charge in [0.05, 0.1) is 11.4 Å². The molecular formula is C46H32N6. The van der Waals surface area contributed by atoms with E-state index < -0.39 is 0 Å². The molecule has 6 aromatic carbocycles. The first kappa shape index (κ1) is 32.0. The molecule has 0 aliphatic rings. The minimum atomic E-state index is 0.604. The van der Waals surface area contributed by atoms with Crippen LogP contribution in [0.4, 0.5) is 0 Å². The van der Waals surface area contributed by atoms with Crippen molar-refractivity contribution >= 4 is 17.9 Å². The number of aromatic nitrogens is 5. The molecule has 6 heteroatoms. The first-order valence-electron chi connectivity index (χ1n) is 17.0. The van der Waals surface area contributed by atoms with Crippen molar-refractivity contribution in [3.8, 4) is 67.9 Å².